The summed E-state index contributed by atoms with van der Waals surface area (Å²) in [7, 11) is 0. The van der Waals surface area contributed by atoms with Crippen molar-refractivity contribution in [1.82, 2.24) is 15.1 Å². The maximum atomic E-state index is 13.7. The van der Waals surface area contributed by atoms with Crippen molar-refractivity contribution in [3.63, 3.8) is 0 Å². The van der Waals surface area contributed by atoms with E-state index in [1.54, 1.807) is 15.6 Å². The molecule has 1 fully saturated rings. The number of hydrogen-bond acceptors (Lipinski definition) is 6. The summed E-state index contributed by atoms with van der Waals surface area (Å²) in [4.78, 5) is 28.3. The van der Waals surface area contributed by atoms with Crippen LogP contribution in [0.4, 0.5) is 5.82 Å². The van der Waals surface area contributed by atoms with E-state index in [1.807, 2.05) is 36.4 Å². The van der Waals surface area contributed by atoms with Crippen LogP contribution < -0.4 is 19.7 Å². The van der Waals surface area contributed by atoms with E-state index in [0.29, 0.717) is 22.3 Å². The number of nitrogens with one attached hydrogen (secondary N) is 1. The number of nitrogens with zero attached hydrogens (tertiary/aromatic N) is 3. The van der Waals surface area contributed by atoms with Crippen molar-refractivity contribution in [2.45, 2.75) is 50.3 Å². The van der Waals surface area contributed by atoms with Crippen LogP contribution in [0.3, 0.4) is 0 Å². The van der Waals surface area contributed by atoms with Gasteiger partial charge in [-0.05, 0) is 48.7 Å². The lowest BCUT2D eigenvalue weighted by molar-refractivity contribution is -0.123. The molecule has 3 aliphatic rings. The van der Waals surface area contributed by atoms with Crippen LogP contribution in [0, 0.1) is 0 Å². The number of ether oxygens (including phenoxy) is 2. The average molecular weight is 553 g/mol. The summed E-state index contributed by atoms with van der Waals surface area (Å²) in [5.74, 6) is 1.88. The Morgan fingerprint density at radius 3 is 2.68 bits per heavy atom. The van der Waals surface area contributed by atoms with Gasteiger partial charge in [0.15, 0.2) is 11.5 Å². The number of hydrogen-bond donors (Lipinski definition) is 1. The number of thioether (sulfide) groups is 1. The fourth-order valence-corrected chi connectivity index (χ4v) is 6.22. The molecule has 10 heteroatoms. The van der Waals surface area contributed by atoms with Crippen LogP contribution in [0.2, 0.25) is 5.02 Å². The number of halogens is 1. The second kappa shape index (κ2) is 9.54. The fourth-order valence-electron chi connectivity index (χ4n) is 4.85. The Morgan fingerprint density at radius 2 is 1.95 bits per heavy atom. The minimum absolute atomic E-state index is 0.0768. The van der Waals surface area contributed by atoms with Crippen LogP contribution in [0.1, 0.15) is 55.7 Å². The molecule has 38 heavy (non-hydrogen) atoms. The molecule has 1 saturated carbocycles. The van der Waals surface area contributed by atoms with Crippen molar-refractivity contribution in [3.8, 4) is 17.2 Å². The summed E-state index contributed by atoms with van der Waals surface area (Å²) in [5, 5.41) is 8.46. The van der Waals surface area contributed by atoms with Gasteiger partial charge in [-0.3, -0.25) is 14.5 Å². The summed E-state index contributed by atoms with van der Waals surface area (Å²) >= 11 is 7.92. The summed E-state index contributed by atoms with van der Waals surface area (Å²) in [6.07, 6.45) is 1.95. The molecule has 1 atom stereocenters. The number of aromatic nitrogens is 2. The third kappa shape index (κ3) is 4.73. The highest BCUT2D eigenvalue weighted by Gasteiger charge is 2.40. The van der Waals surface area contributed by atoms with Crippen LogP contribution in [-0.2, 0) is 15.0 Å². The Labute approximate surface area is 230 Å². The Balaban J connectivity index is 1.57. The minimum atomic E-state index is -0.349. The second-order valence-corrected chi connectivity index (χ2v) is 12.4. The maximum Gasteiger partial charge on any atom is 0.240 e. The van der Waals surface area contributed by atoms with Crippen molar-refractivity contribution < 1.29 is 19.1 Å². The van der Waals surface area contributed by atoms with Gasteiger partial charge in [0.05, 0.1) is 22.4 Å². The fraction of sp³-hybridized carbons (Fsp3) is 0.393. The molecule has 0 spiro atoms. The van der Waals surface area contributed by atoms with Gasteiger partial charge in [-0.2, -0.15) is 5.10 Å². The van der Waals surface area contributed by atoms with Crippen molar-refractivity contribution in [2.75, 3.05) is 24.0 Å². The molecule has 3 heterocycles. The lowest BCUT2D eigenvalue weighted by Crippen LogP contribution is -2.43. The molecule has 1 N–H and O–H groups in total. The Hall–Kier alpha value is -3.17. The molecule has 198 valence electrons. The van der Waals surface area contributed by atoms with Crippen LogP contribution in [0.5, 0.6) is 11.5 Å². The molecule has 8 nitrogen and oxygen atoms in total. The summed E-state index contributed by atoms with van der Waals surface area (Å²) < 4.78 is 13.0. The average Bonchev–Trinajstić information content (AvgIpc) is 3.43. The van der Waals surface area contributed by atoms with Gasteiger partial charge in [-0.15, -0.1) is 11.8 Å². The van der Waals surface area contributed by atoms with Gasteiger partial charge in [0.25, 0.3) is 0 Å². The van der Waals surface area contributed by atoms with Crippen molar-refractivity contribution >= 4 is 41.0 Å². The first-order valence-electron chi connectivity index (χ1n) is 12.7. The molecule has 3 aromatic rings. The maximum absolute atomic E-state index is 13.7. The van der Waals surface area contributed by atoms with Gasteiger partial charge in [0.1, 0.15) is 12.4 Å². The van der Waals surface area contributed by atoms with Gasteiger partial charge in [-0.25, -0.2) is 4.68 Å². The predicted molar refractivity (Wildman–Crippen MR) is 148 cm³/mol. The van der Waals surface area contributed by atoms with E-state index in [2.05, 4.69) is 26.1 Å². The smallest absolute Gasteiger partial charge is 0.240 e. The first-order chi connectivity index (χ1) is 18.2. The van der Waals surface area contributed by atoms with Crippen LogP contribution in [0.25, 0.3) is 5.69 Å². The van der Waals surface area contributed by atoms with E-state index >= 15 is 0 Å². The predicted octanol–water partition coefficient (Wildman–Crippen LogP) is 5.00. The number of rotatable bonds is 5. The van der Waals surface area contributed by atoms with Gasteiger partial charge < -0.3 is 14.8 Å². The number of carbonyl (C=O) groups is 2. The molecule has 2 aliphatic heterocycles. The standard InChI is InChI=1S/C28H29ClN4O4S/c1-28(2,3)26-24-25(16-7-10-20-21(11-16)37-15-36-20)38-14-23(35)32(13-22(34)30-18-8-9-18)27(24)33(31-26)19-6-4-5-17(29)12-19/h4-7,10-12,18,25H,8-9,13-15H2,1-3H3,(H,30,34)/t25-/m1/s1. The van der Waals surface area contributed by atoms with E-state index in [9.17, 15) is 9.59 Å². The number of benzene rings is 2. The quantitative estimate of drug-likeness (QED) is 0.479. The zero-order chi connectivity index (χ0) is 26.6. The number of fused-ring (bicyclic) bond motifs is 2. The van der Waals surface area contributed by atoms with E-state index in [0.717, 1.165) is 35.3 Å². The lowest BCUT2D eigenvalue weighted by Gasteiger charge is -2.24. The van der Waals surface area contributed by atoms with Crippen LogP contribution >= 0.6 is 23.4 Å². The summed E-state index contributed by atoms with van der Waals surface area (Å²) in [6.45, 7) is 6.43. The van der Waals surface area contributed by atoms with Gasteiger partial charge in [0, 0.05) is 22.0 Å². The van der Waals surface area contributed by atoms with Crippen LogP contribution in [0.15, 0.2) is 42.5 Å². The van der Waals surface area contributed by atoms with Gasteiger partial charge >= 0.3 is 0 Å². The number of anilines is 1. The van der Waals surface area contributed by atoms with E-state index < -0.39 is 0 Å². The zero-order valence-electron chi connectivity index (χ0n) is 21.5. The lowest BCUT2D eigenvalue weighted by atomic mass is 9.87. The molecule has 2 aromatic carbocycles. The zero-order valence-corrected chi connectivity index (χ0v) is 23.1. The molecular weight excluding hydrogens is 524 g/mol. The summed E-state index contributed by atoms with van der Waals surface area (Å²) in [5.41, 5.74) is 3.12. The van der Waals surface area contributed by atoms with E-state index in [1.165, 1.54) is 11.8 Å². The molecule has 1 aliphatic carbocycles. The van der Waals surface area contributed by atoms with Gasteiger partial charge in [-0.1, -0.05) is 44.5 Å². The normalized spacial score (nSPS) is 18.8. The first-order valence-corrected chi connectivity index (χ1v) is 14.1. The highest BCUT2D eigenvalue weighted by molar-refractivity contribution is 8.00. The third-order valence-electron chi connectivity index (χ3n) is 6.80. The minimum Gasteiger partial charge on any atom is -0.454 e. The van der Waals surface area contributed by atoms with E-state index in [-0.39, 0.29) is 47.6 Å². The molecule has 0 radical (unpaired) electrons. The molecule has 2 amide bonds. The third-order valence-corrected chi connectivity index (χ3v) is 8.29. The largest absolute Gasteiger partial charge is 0.454 e. The van der Waals surface area contributed by atoms with Crippen molar-refractivity contribution in [2.24, 2.45) is 0 Å². The molecule has 1 aromatic heterocycles. The number of carbonyl (C=O) groups excluding carboxylic acids is 2. The van der Waals surface area contributed by atoms with Crippen molar-refractivity contribution in [1.29, 1.82) is 0 Å². The molecule has 6 rings (SSSR count). The monoisotopic (exact) mass is 552 g/mol. The van der Waals surface area contributed by atoms with Crippen LogP contribution in [-0.4, -0.2) is 46.7 Å². The second-order valence-electron chi connectivity index (χ2n) is 10.9. The molecule has 0 saturated heterocycles. The van der Waals surface area contributed by atoms with Crippen molar-refractivity contribution in [3.05, 3.63) is 64.3 Å². The molecular formula is C28H29ClN4O4S. The Bertz CT molecular complexity index is 1430. The summed E-state index contributed by atoms with van der Waals surface area (Å²) in [6, 6.07) is 13.5. The SMILES string of the molecule is CC(C)(C)c1nn(-c2cccc(Cl)c2)c2c1[C@@H](c1ccc3c(c1)OCO3)SCC(=O)N2CC(=O)NC1CC1. The van der Waals surface area contributed by atoms with Gasteiger partial charge in [0.2, 0.25) is 18.6 Å². The first kappa shape index (κ1) is 25.1. The topological polar surface area (TPSA) is 85.7 Å². The number of amides is 2. The molecule has 0 bridgehead atoms. The van der Waals surface area contributed by atoms with E-state index in [4.69, 9.17) is 26.2 Å². The highest BCUT2D eigenvalue weighted by atomic mass is 35.5. The Kier molecular flexibility index (Phi) is 6.31. The molecule has 0 unspecified atom stereocenters. The Morgan fingerprint density at radius 1 is 1.16 bits per heavy atom. The highest BCUT2D eigenvalue weighted by Crippen LogP contribution is 2.50.